The van der Waals surface area contributed by atoms with Crippen LogP contribution in [0.1, 0.15) is 0 Å². The van der Waals surface area contributed by atoms with Crippen LogP contribution in [0.2, 0.25) is 0 Å². The van der Waals surface area contributed by atoms with Gasteiger partial charge in [-0.2, -0.15) is 0 Å². The zero-order valence-electron chi connectivity index (χ0n) is 8.77. The molecule has 0 radical (unpaired) electrons. The SMILES string of the molecule is COC(=O)Oc1ccc2cc(N)ccc2c1. The number of hydrogen-bond donors (Lipinski definition) is 1. The second-order valence-electron chi connectivity index (χ2n) is 3.32. The summed E-state index contributed by atoms with van der Waals surface area (Å²) in [6.45, 7) is 0. The number of benzene rings is 2. The van der Waals surface area contributed by atoms with E-state index in [1.165, 1.54) is 7.11 Å². The molecule has 0 spiro atoms. The Labute approximate surface area is 92.6 Å². The zero-order chi connectivity index (χ0) is 11.5. The first-order valence-corrected chi connectivity index (χ1v) is 4.74. The summed E-state index contributed by atoms with van der Waals surface area (Å²) in [4.78, 5) is 10.9. The highest BCUT2D eigenvalue weighted by molar-refractivity contribution is 5.87. The maximum absolute atomic E-state index is 10.9. The van der Waals surface area contributed by atoms with E-state index < -0.39 is 6.16 Å². The lowest BCUT2D eigenvalue weighted by atomic mass is 10.1. The Bertz CT molecular complexity index is 537. The Morgan fingerprint density at radius 3 is 2.56 bits per heavy atom. The lowest BCUT2D eigenvalue weighted by Crippen LogP contribution is -2.06. The highest BCUT2D eigenvalue weighted by atomic mass is 16.7. The highest BCUT2D eigenvalue weighted by Gasteiger charge is 2.04. The van der Waals surface area contributed by atoms with Gasteiger partial charge >= 0.3 is 6.16 Å². The van der Waals surface area contributed by atoms with Gasteiger partial charge < -0.3 is 15.2 Å². The number of anilines is 1. The molecule has 16 heavy (non-hydrogen) atoms. The number of methoxy groups -OCH3 is 1. The molecular formula is C12H11NO3. The Morgan fingerprint density at radius 2 is 1.81 bits per heavy atom. The van der Waals surface area contributed by atoms with E-state index in [0.717, 1.165) is 10.8 Å². The highest BCUT2D eigenvalue weighted by Crippen LogP contribution is 2.22. The van der Waals surface area contributed by atoms with Crippen molar-refractivity contribution in [1.29, 1.82) is 0 Å². The molecule has 0 saturated heterocycles. The number of carbonyl (C=O) groups is 1. The molecule has 0 bridgehead atoms. The van der Waals surface area contributed by atoms with E-state index in [4.69, 9.17) is 10.5 Å². The van der Waals surface area contributed by atoms with Gasteiger partial charge in [0, 0.05) is 5.69 Å². The Kier molecular flexibility index (Phi) is 2.64. The van der Waals surface area contributed by atoms with Crippen molar-refractivity contribution in [3.8, 4) is 5.75 Å². The Balaban J connectivity index is 2.37. The monoisotopic (exact) mass is 217 g/mol. The summed E-state index contributed by atoms with van der Waals surface area (Å²) in [5, 5.41) is 1.95. The molecule has 0 saturated carbocycles. The normalized spacial score (nSPS) is 10.1. The van der Waals surface area contributed by atoms with Crippen LogP contribution in [-0.4, -0.2) is 13.3 Å². The molecule has 82 valence electrons. The summed E-state index contributed by atoms with van der Waals surface area (Å²) in [5.41, 5.74) is 6.36. The third-order valence-corrected chi connectivity index (χ3v) is 2.20. The first-order chi connectivity index (χ1) is 7.69. The van der Waals surface area contributed by atoms with Crippen LogP contribution in [0.25, 0.3) is 10.8 Å². The average molecular weight is 217 g/mol. The molecule has 0 aliphatic rings. The summed E-state index contributed by atoms with van der Waals surface area (Å²) >= 11 is 0. The van der Waals surface area contributed by atoms with E-state index in [0.29, 0.717) is 11.4 Å². The summed E-state index contributed by atoms with van der Waals surface area (Å²) in [6, 6.07) is 10.8. The number of nitrogen functional groups attached to an aromatic ring is 1. The molecule has 2 N–H and O–H groups in total. The molecule has 4 heteroatoms. The summed E-state index contributed by atoms with van der Waals surface area (Å²) in [5.74, 6) is 0.448. The minimum absolute atomic E-state index is 0.448. The molecule has 0 aromatic heterocycles. The molecule has 4 nitrogen and oxygen atoms in total. The van der Waals surface area contributed by atoms with Crippen LogP contribution in [0.15, 0.2) is 36.4 Å². The average Bonchev–Trinajstić information content (AvgIpc) is 2.29. The maximum atomic E-state index is 10.9. The van der Waals surface area contributed by atoms with Crippen LogP contribution in [0, 0.1) is 0 Å². The van der Waals surface area contributed by atoms with Gasteiger partial charge in [0.2, 0.25) is 0 Å². The molecule has 2 aromatic carbocycles. The summed E-state index contributed by atoms with van der Waals surface area (Å²) in [7, 11) is 1.27. The van der Waals surface area contributed by atoms with Crippen LogP contribution >= 0.6 is 0 Å². The largest absolute Gasteiger partial charge is 0.513 e. The quantitative estimate of drug-likeness (QED) is 0.453. The third-order valence-electron chi connectivity index (χ3n) is 2.20. The van der Waals surface area contributed by atoms with Crippen LogP contribution < -0.4 is 10.5 Å². The molecule has 0 unspecified atom stereocenters. The predicted molar refractivity (Wildman–Crippen MR) is 61.4 cm³/mol. The third kappa shape index (κ3) is 2.06. The van der Waals surface area contributed by atoms with Crippen molar-refractivity contribution >= 4 is 22.6 Å². The molecule has 2 aromatic rings. The lowest BCUT2D eigenvalue weighted by molar-refractivity contribution is 0.121. The standard InChI is InChI=1S/C12H11NO3/c1-15-12(14)16-11-5-3-8-6-10(13)4-2-9(8)7-11/h2-7H,13H2,1H3. The molecule has 0 heterocycles. The fourth-order valence-electron chi connectivity index (χ4n) is 1.44. The fourth-order valence-corrected chi connectivity index (χ4v) is 1.44. The number of fused-ring (bicyclic) bond motifs is 1. The molecule has 0 aliphatic heterocycles. The number of ether oxygens (including phenoxy) is 2. The number of hydrogen-bond acceptors (Lipinski definition) is 4. The van der Waals surface area contributed by atoms with E-state index in [2.05, 4.69) is 4.74 Å². The summed E-state index contributed by atoms with van der Waals surface area (Å²) < 4.78 is 9.31. The Morgan fingerprint density at radius 1 is 1.12 bits per heavy atom. The van der Waals surface area contributed by atoms with Gasteiger partial charge in [0.15, 0.2) is 0 Å². The molecule has 0 aliphatic carbocycles. The smallest absolute Gasteiger partial charge is 0.437 e. The van der Waals surface area contributed by atoms with Crippen LogP contribution in [-0.2, 0) is 4.74 Å². The van der Waals surface area contributed by atoms with Gasteiger partial charge in [-0.25, -0.2) is 4.79 Å². The van der Waals surface area contributed by atoms with Crippen molar-refractivity contribution in [3.63, 3.8) is 0 Å². The minimum atomic E-state index is -0.727. The van der Waals surface area contributed by atoms with Crippen molar-refractivity contribution in [1.82, 2.24) is 0 Å². The van der Waals surface area contributed by atoms with Crippen molar-refractivity contribution in [2.45, 2.75) is 0 Å². The van der Waals surface area contributed by atoms with E-state index in [-0.39, 0.29) is 0 Å². The van der Waals surface area contributed by atoms with Crippen LogP contribution in [0.4, 0.5) is 10.5 Å². The van der Waals surface area contributed by atoms with Crippen molar-refractivity contribution in [2.24, 2.45) is 0 Å². The first kappa shape index (κ1) is 10.3. The second-order valence-corrected chi connectivity index (χ2v) is 3.32. The van der Waals surface area contributed by atoms with Gasteiger partial charge in [-0.05, 0) is 35.0 Å². The van der Waals surface area contributed by atoms with Gasteiger partial charge in [0.05, 0.1) is 7.11 Å². The van der Waals surface area contributed by atoms with Crippen molar-refractivity contribution in [3.05, 3.63) is 36.4 Å². The summed E-state index contributed by atoms with van der Waals surface area (Å²) in [6.07, 6.45) is -0.727. The molecule has 0 atom stereocenters. The van der Waals surface area contributed by atoms with Crippen molar-refractivity contribution < 1.29 is 14.3 Å². The topological polar surface area (TPSA) is 61.5 Å². The maximum Gasteiger partial charge on any atom is 0.513 e. The number of rotatable bonds is 1. The van der Waals surface area contributed by atoms with Gasteiger partial charge in [-0.3, -0.25) is 0 Å². The molecule has 0 fully saturated rings. The van der Waals surface area contributed by atoms with Crippen molar-refractivity contribution in [2.75, 3.05) is 12.8 Å². The van der Waals surface area contributed by atoms with Gasteiger partial charge in [0.1, 0.15) is 5.75 Å². The van der Waals surface area contributed by atoms with E-state index >= 15 is 0 Å². The second kappa shape index (κ2) is 4.10. The molecular weight excluding hydrogens is 206 g/mol. The van der Waals surface area contributed by atoms with Gasteiger partial charge in [0.25, 0.3) is 0 Å². The lowest BCUT2D eigenvalue weighted by Gasteiger charge is -2.04. The van der Waals surface area contributed by atoms with Gasteiger partial charge in [-0.1, -0.05) is 12.1 Å². The van der Waals surface area contributed by atoms with Crippen LogP contribution in [0.5, 0.6) is 5.75 Å². The van der Waals surface area contributed by atoms with E-state index in [9.17, 15) is 4.79 Å². The zero-order valence-corrected chi connectivity index (χ0v) is 8.77. The first-order valence-electron chi connectivity index (χ1n) is 4.74. The fraction of sp³-hybridized carbons (Fsp3) is 0.0833. The Hall–Kier alpha value is -2.23. The van der Waals surface area contributed by atoms with E-state index in [1.54, 1.807) is 18.2 Å². The molecule has 2 rings (SSSR count). The van der Waals surface area contributed by atoms with Gasteiger partial charge in [-0.15, -0.1) is 0 Å². The minimum Gasteiger partial charge on any atom is -0.437 e. The van der Waals surface area contributed by atoms with E-state index in [1.807, 2.05) is 18.2 Å². The number of nitrogens with two attached hydrogens (primary N) is 1. The number of carbonyl (C=O) groups excluding carboxylic acids is 1. The molecule has 0 amide bonds. The predicted octanol–water partition coefficient (Wildman–Crippen LogP) is 2.57. The van der Waals surface area contributed by atoms with Crippen LogP contribution in [0.3, 0.4) is 0 Å².